The molecule has 0 aliphatic carbocycles. The number of halogens is 1. The van der Waals surface area contributed by atoms with Crippen LogP contribution in [0.4, 0.5) is 5.69 Å². The molecule has 1 amide bonds. The lowest BCUT2D eigenvalue weighted by Crippen LogP contribution is -2.34. The smallest absolute Gasteiger partial charge is 0.263 e. The van der Waals surface area contributed by atoms with Crippen molar-refractivity contribution in [1.29, 1.82) is 5.26 Å². The molecule has 0 N–H and O–H groups in total. The molecule has 3 rings (SSSR count). The Morgan fingerprint density at radius 3 is 2.62 bits per heavy atom. The van der Waals surface area contributed by atoms with Gasteiger partial charge in [0.25, 0.3) is 5.91 Å². The second-order valence-electron chi connectivity index (χ2n) is 5.32. The van der Waals surface area contributed by atoms with Crippen LogP contribution in [0.25, 0.3) is 0 Å². The highest BCUT2D eigenvalue weighted by molar-refractivity contribution is 6.33. The van der Waals surface area contributed by atoms with Gasteiger partial charge in [-0.3, -0.25) is 9.69 Å². The highest BCUT2D eigenvalue weighted by Crippen LogP contribution is 2.25. The third-order valence-electron chi connectivity index (χ3n) is 3.75. The van der Waals surface area contributed by atoms with Crippen LogP contribution >= 0.6 is 11.6 Å². The average molecular weight is 339 g/mol. The number of hydrogen-bond acceptors (Lipinski definition) is 4. The summed E-state index contributed by atoms with van der Waals surface area (Å²) in [7, 11) is 0. The van der Waals surface area contributed by atoms with Crippen molar-refractivity contribution in [2.24, 2.45) is 5.10 Å². The zero-order valence-corrected chi connectivity index (χ0v) is 13.6. The third-order valence-corrected chi connectivity index (χ3v) is 4.07. The fourth-order valence-corrected chi connectivity index (χ4v) is 2.77. The van der Waals surface area contributed by atoms with Gasteiger partial charge in [0.2, 0.25) is 0 Å². The first-order chi connectivity index (χ1) is 11.7. The maximum Gasteiger partial charge on any atom is 0.263 e. The van der Waals surface area contributed by atoms with Crippen LogP contribution in [0.5, 0.6) is 0 Å². The first-order valence-corrected chi connectivity index (χ1v) is 7.92. The molecule has 2 aromatic rings. The summed E-state index contributed by atoms with van der Waals surface area (Å²) in [6, 6.07) is 16.7. The molecular weight excluding hydrogens is 324 g/mol. The number of carbonyl (C=O) groups is 1. The van der Waals surface area contributed by atoms with Crippen molar-refractivity contribution in [3.8, 4) is 6.19 Å². The fourth-order valence-electron chi connectivity index (χ4n) is 2.53. The molecule has 0 radical (unpaired) electrons. The van der Waals surface area contributed by atoms with Crippen LogP contribution in [0.15, 0.2) is 59.7 Å². The molecule has 0 fully saturated rings. The van der Waals surface area contributed by atoms with Gasteiger partial charge in [-0.15, -0.1) is 0 Å². The number of para-hydroxylation sites is 1. The van der Waals surface area contributed by atoms with E-state index in [9.17, 15) is 10.1 Å². The van der Waals surface area contributed by atoms with Crippen molar-refractivity contribution in [2.75, 3.05) is 18.0 Å². The Morgan fingerprint density at radius 2 is 1.92 bits per heavy atom. The van der Waals surface area contributed by atoms with Crippen LogP contribution in [0.3, 0.4) is 0 Å². The standard InChI is InChI=1S/C18H15ClN4O/c19-15-8-4-5-9-17(15)22(13-20)12-18(24)23-11-10-16(21-23)14-6-2-1-3-7-14/h1-9H,10-12H2. The Labute approximate surface area is 145 Å². The molecule has 1 aliphatic rings. The Morgan fingerprint density at radius 1 is 1.21 bits per heavy atom. The van der Waals surface area contributed by atoms with E-state index in [4.69, 9.17) is 11.6 Å². The third kappa shape index (κ3) is 3.39. The number of nitrogens with zero attached hydrogens (tertiary/aromatic N) is 4. The Hall–Kier alpha value is -2.84. The summed E-state index contributed by atoms with van der Waals surface area (Å²) in [5, 5.41) is 15.6. The van der Waals surface area contributed by atoms with Crippen molar-refractivity contribution in [2.45, 2.75) is 6.42 Å². The predicted molar refractivity (Wildman–Crippen MR) is 93.7 cm³/mol. The van der Waals surface area contributed by atoms with Gasteiger partial charge in [-0.2, -0.15) is 10.4 Å². The van der Waals surface area contributed by atoms with E-state index in [0.29, 0.717) is 23.7 Å². The highest BCUT2D eigenvalue weighted by atomic mass is 35.5. The molecule has 0 unspecified atom stereocenters. The number of hydrazone groups is 1. The molecule has 0 atom stereocenters. The number of carbonyl (C=O) groups excluding carboxylic acids is 1. The molecule has 0 aromatic heterocycles. The van der Waals surface area contributed by atoms with Crippen molar-refractivity contribution in [1.82, 2.24) is 5.01 Å². The predicted octanol–water partition coefficient (Wildman–Crippen LogP) is 3.26. The normalized spacial score (nSPS) is 13.3. The summed E-state index contributed by atoms with van der Waals surface area (Å²) >= 11 is 6.10. The van der Waals surface area contributed by atoms with Crippen LogP contribution in [-0.4, -0.2) is 29.7 Å². The van der Waals surface area contributed by atoms with E-state index in [1.54, 1.807) is 24.3 Å². The van der Waals surface area contributed by atoms with E-state index in [1.807, 2.05) is 36.5 Å². The molecule has 5 nitrogen and oxygen atoms in total. The zero-order valence-electron chi connectivity index (χ0n) is 12.9. The minimum absolute atomic E-state index is 0.0915. The number of hydrogen-bond donors (Lipinski definition) is 0. The van der Waals surface area contributed by atoms with E-state index in [1.165, 1.54) is 9.91 Å². The van der Waals surface area contributed by atoms with Gasteiger partial charge in [0, 0.05) is 6.42 Å². The van der Waals surface area contributed by atoms with Crippen LogP contribution in [0.1, 0.15) is 12.0 Å². The summed E-state index contributed by atoms with van der Waals surface area (Å²) < 4.78 is 0. The lowest BCUT2D eigenvalue weighted by molar-refractivity contribution is -0.129. The Bertz CT molecular complexity index is 813. The molecule has 0 saturated heterocycles. The van der Waals surface area contributed by atoms with E-state index < -0.39 is 0 Å². The summed E-state index contributed by atoms with van der Waals surface area (Å²) in [4.78, 5) is 13.7. The molecule has 6 heteroatoms. The SMILES string of the molecule is N#CN(CC(=O)N1CCC(c2ccccc2)=N1)c1ccccc1Cl. The zero-order chi connectivity index (χ0) is 16.9. The number of anilines is 1. The van der Waals surface area contributed by atoms with E-state index in [0.717, 1.165) is 11.3 Å². The van der Waals surface area contributed by atoms with Crippen molar-refractivity contribution in [3.05, 3.63) is 65.2 Å². The van der Waals surface area contributed by atoms with Gasteiger partial charge in [-0.25, -0.2) is 5.01 Å². The molecule has 24 heavy (non-hydrogen) atoms. The maximum absolute atomic E-state index is 12.5. The first kappa shape index (κ1) is 16.0. The molecule has 120 valence electrons. The maximum atomic E-state index is 12.5. The fraction of sp³-hybridized carbons (Fsp3) is 0.167. The molecular formula is C18H15ClN4O. The topological polar surface area (TPSA) is 59.7 Å². The Balaban J connectivity index is 1.72. The highest BCUT2D eigenvalue weighted by Gasteiger charge is 2.24. The van der Waals surface area contributed by atoms with E-state index >= 15 is 0 Å². The monoisotopic (exact) mass is 338 g/mol. The summed E-state index contributed by atoms with van der Waals surface area (Å²) in [5.41, 5.74) is 2.41. The Kier molecular flexibility index (Phi) is 4.78. The van der Waals surface area contributed by atoms with Gasteiger partial charge in [-0.1, -0.05) is 54.1 Å². The summed E-state index contributed by atoms with van der Waals surface area (Å²) in [5.74, 6) is -0.234. The van der Waals surface area contributed by atoms with Gasteiger partial charge in [0.05, 0.1) is 23.0 Å². The largest absolute Gasteiger partial charge is 0.271 e. The lowest BCUT2D eigenvalue weighted by atomic mass is 10.1. The van der Waals surface area contributed by atoms with Gasteiger partial charge >= 0.3 is 0 Å². The van der Waals surface area contributed by atoms with Crippen molar-refractivity contribution in [3.63, 3.8) is 0 Å². The molecule has 1 heterocycles. The van der Waals surface area contributed by atoms with Gasteiger partial charge in [0.1, 0.15) is 6.54 Å². The van der Waals surface area contributed by atoms with Crippen LogP contribution in [-0.2, 0) is 4.79 Å². The van der Waals surface area contributed by atoms with Gasteiger partial charge < -0.3 is 0 Å². The molecule has 0 spiro atoms. The molecule has 2 aromatic carbocycles. The van der Waals surface area contributed by atoms with Gasteiger partial charge in [-0.05, 0) is 17.7 Å². The molecule has 1 aliphatic heterocycles. The number of benzene rings is 2. The summed E-state index contributed by atoms with van der Waals surface area (Å²) in [6.45, 7) is 0.427. The van der Waals surface area contributed by atoms with E-state index in [-0.39, 0.29) is 12.5 Å². The number of rotatable bonds is 4. The summed E-state index contributed by atoms with van der Waals surface area (Å²) in [6.07, 6.45) is 2.71. The molecule has 0 bridgehead atoms. The minimum Gasteiger partial charge on any atom is -0.271 e. The quantitative estimate of drug-likeness (QED) is 0.635. The van der Waals surface area contributed by atoms with E-state index in [2.05, 4.69) is 5.10 Å². The first-order valence-electron chi connectivity index (χ1n) is 7.54. The average Bonchev–Trinajstić information content (AvgIpc) is 3.11. The van der Waals surface area contributed by atoms with Crippen LogP contribution in [0.2, 0.25) is 5.02 Å². The van der Waals surface area contributed by atoms with Crippen LogP contribution in [0, 0.1) is 11.5 Å². The molecule has 0 saturated carbocycles. The minimum atomic E-state index is -0.234. The second kappa shape index (κ2) is 7.16. The van der Waals surface area contributed by atoms with Crippen LogP contribution < -0.4 is 4.90 Å². The number of nitriles is 1. The second-order valence-corrected chi connectivity index (χ2v) is 5.72. The van der Waals surface area contributed by atoms with Crippen molar-refractivity contribution < 1.29 is 4.79 Å². The van der Waals surface area contributed by atoms with Gasteiger partial charge in [0.15, 0.2) is 6.19 Å². The number of amides is 1. The van der Waals surface area contributed by atoms with Crippen molar-refractivity contribution >= 4 is 28.9 Å². The lowest BCUT2D eigenvalue weighted by Gasteiger charge is -2.19.